The highest BCUT2D eigenvalue weighted by atomic mass is 32.1. The summed E-state index contributed by atoms with van der Waals surface area (Å²) < 4.78 is 3.19. The maximum absolute atomic E-state index is 12.2. The van der Waals surface area contributed by atoms with E-state index >= 15 is 0 Å². The molecule has 0 atom stereocenters. The highest BCUT2D eigenvalue weighted by molar-refractivity contribution is 7.20. The van der Waals surface area contributed by atoms with E-state index in [1.54, 1.807) is 11.3 Å². The Labute approximate surface area is 132 Å². The second-order valence-corrected chi connectivity index (χ2v) is 6.89. The lowest BCUT2D eigenvalue weighted by Crippen LogP contribution is -2.25. The van der Waals surface area contributed by atoms with Crippen molar-refractivity contribution in [3.05, 3.63) is 47.3 Å². The smallest absolute Gasteiger partial charge is 0.251 e. The Hall–Kier alpha value is -2.14. The van der Waals surface area contributed by atoms with E-state index in [4.69, 9.17) is 4.98 Å². The number of aromatic nitrogens is 2. The highest BCUT2D eigenvalue weighted by Gasteiger charge is 2.24. The number of aryl methyl sites for hydroxylation is 2. The van der Waals surface area contributed by atoms with Gasteiger partial charge in [-0.05, 0) is 57.0 Å². The Bertz CT molecular complexity index is 854. The number of benzene rings is 1. The number of carbonyl (C=O) groups excluding carboxylic acids is 1. The van der Waals surface area contributed by atoms with Crippen LogP contribution < -0.4 is 5.32 Å². The van der Waals surface area contributed by atoms with Crippen LogP contribution in [0.15, 0.2) is 30.3 Å². The Morgan fingerprint density at radius 1 is 1.23 bits per heavy atom. The Kier molecular flexibility index (Phi) is 3.04. The summed E-state index contributed by atoms with van der Waals surface area (Å²) in [7, 11) is 0. The van der Waals surface area contributed by atoms with E-state index < -0.39 is 0 Å². The Morgan fingerprint density at radius 3 is 2.64 bits per heavy atom. The van der Waals surface area contributed by atoms with Gasteiger partial charge in [0.2, 0.25) is 0 Å². The minimum Gasteiger partial charge on any atom is -0.349 e. The minimum absolute atomic E-state index is 0.0210. The van der Waals surface area contributed by atoms with E-state index in [1.165, 1.54) is 11.4 Å². The number of rotatable bonds is 3. The molecule has 2 aromatic heterocycles. The van der Waals surface area contributed by atoms with Crippen LogP contribution in [-0.4, -0.2) is 21.5 Å². The molecule has 4 rings (SSSR count). The molecule has 1 aliphatic carbocycles. The van der Waals surface area contributed by atoms with Crippen LogP contribution in [0.25, 0.3) is 15.3 Å². The molecule has 4 nitrogen and oxygen atoms in total. The second-order valence-electron chi connectivity index (χ2n) is 5.88. The van der Waals surface area contributed by atoms with Crippen molar-refractivity contribution in [1.82, 2.24) is 14.9 Å². The van der Waals surface area contributed by atoms with Crippen LogP contribution in [0, 0.1) is 13.8 Å². The van der Waals surface area contributed by atoms with Crippen molar-refractivity contribution in [2.75, 3.05) is 0 Å². The third kappa shape index (κ3) is 2.31. The summed E-state index contributed by atoms with van der Waals surface area (Å²) in [4.78, 5) is 16.9. The highest BCUT2D eigenvalue weighted by Crippen LogP contribution is 2.28. The van der Waals surface area contributed by atoms with Crippen LogP contribution in [-0.2, 0) is 0 Å². The number of fused-ring (bicyclic) bond motifs is 1. The number of nitrogens with zero attached hydrogens (tertiary/aromatic N) is 2. The van der Waals surface area contributed by atoms with Gasteiger partial charge in [0.1, 0.15) is 0 Å². The Morgan fingerprint density at radius 2 is 1.95 bits per heavy atom. The predicted octanol–water partition coefficient (Wildman–Crippen LogP) is 3.60. The molecule has 1 fully saturated rings. The molecule has 0 bridgehead atoms. The van der Waals surface area contributed by atoms with E-state index in [2.05, 4.69) is 35.9 Å². The first kappa shape index (κ1) is 13.5. The van der Waals surface area contributed by atoms with Gasteiger partial charge in [-0.15, -0.1) is 0 Å². The molecular formula is C17H17N3OS. The van der Waals surface area contributed by atoms with E-state index in [-0.39, 0.29) is 5.91 Å². The van der Waals surface area contributed by atoms with Crippen LogP contribution in [0.4, 0.5) is 0 Å². The molecule has 1 aliphatic rings. The quantitative estimate of drug-likeness (QED) is 0.803. The van der Waals surface area contributed by atoms with Gasteiger partial charge in [-0.1, -0.05) is 11.3 Å². The second kappa shape index (κ2) is 4.95. The van der Waals surface area contributed by atoms with Gasteiger partial charge in [0, 0.05) is 23.0 Å². The van der Waals surface area contributed by atoms with Crippen LogP contribution in [0.3, 0.4) is 0 Å². The molecule has 1 amide bonds. The molecule has 0 unspecified atom stereocenters. The molecule has 5 heteroatoms. The normalized spacial score (nSPS) is 14.5. The zero-order chi connectivity index (χ0) is 15.3. The van der Waals surface area contributed by atoms with Crippen molar-refractivity contribution in [1.29, 1.82) is 0 Å². The van der Waals surface area contributed by atoms with E-state index in [0.29, 0.717) is 6.04 Å². The standard InChI is InChI=1S/C17H17N3OS/c1-10-3-4-11(2)20(10)17-19-14-8-5-12(9-15(14)22-17)16(21)18-13-6-7-13/h3-5,8-9,13H,6-7H2,1-2H3,(H,18,21). The summed E-state index contributed by atoms with van der Waals surface area (Å²) in [5.41, 5.74) is 4.00. The first-order valence-electron chi connectivity index (χ1n) is 7.48. The molecule has 0 radical (unpaired) electrons. The van der Waals surface area contributed by atoms with Crippen LogP contribution in [0.2, 0.25) is 0 Å². The molecule has 3 aromatic rings. The van der Waals surface area contributed by atoms with Gasteiger partial charge in [0.25, 0.3) is 5.91 Å². The van der Waals surface area contributed by atoms with Crippen molar-refractivity contribution < 1.29 is 4.79 Å². The van der Waals surface area contributed by atoms with Gasteiger partial charge in [-0.3, -0.25) is 9.36 Å². The number of carbonyl (C=O) groups is 1. The van der Waals surface area contributed by atoms with Crippen LogP contribution in [0.5, 0.6) is 0 Å². The molecule has 0 aliphatic heterocycles. The summed E-state index contributed by atoms with van der Waals surface area (Å²) >= 11 is 1.62. The Balaban J connectivity index is 1.73. The summed E-state index contributed by atoms with van der Waals surface area (Å²) in [5.74, 6) is 0.0210. The van der Waals surface area contributed by atoms with Gasteiger partial charge in [0.15, 0.2) is 5.13 Å². The average Bonchev–Trinajstić information content (AvgIpc) is 3.10. The van der Waals surface area contributed by atoms with Crippen molar-refractivity contribution in [2.45, 2.75) is 32.7 Å². The molecule has 112 valence electrons. The molecule has 1 saturated carbocycles. The monoisotopic (exact) mass is 311 g/mol. The number of nitrogens with one attached hydrogen (secondary N) is 1. The first-order valence-corrected chi connectivity index (χ1v) is 8.30. The number of hydrogen-bond acceptors (Lipinski definition) is 3. The molecular weight excluding hydrogens is 294 g/mol. The van der Waals surface area contributed by atoms with E-state index in [1.807, 2.05) is 18.2 Å². The molecule has 22 heavy (non-hydrogen) atoms. The van der Waals surface area contributed by atoms with Gasteiger partial charge < -0.3 is 5.32 Å². The lowest BCUT2D eigenvalue weighted by molar-refractivity contribution is 0.0951. The lowest BCUT2D eigenvalue weighted by atomic mass is 10.2. The maximum Gasteiger partial charge on any atom is 0.251 e. The molecule has 0 spiro atoms. The fourth-order valence-corrected chi connectivity index (χ4v) is 3.74. The van der Waals surface area contributed by atoms with Crippen molar-refractivity contribution in [2.24, 2.45) is 0 Å². The van der Waals surface area contributed by atoms with E-state index in [9.17, 15) is 4.79 Å². The zero-order valence-corrected chi connectivity index (χ0v) is 13.4. The molecule has 1 aromatic carbocycles. The summed E-state index contributed by atoms with van der Waals surface area (Å²) in [6, 6.07) is 10.3. The maximum atomic E-state index is 12.2. The van der Waals surface area contributed by atoms with Gasteiger partial charge >= 0.3 is 0 Å². The van der Waals surface area contributed by atoms with Crippen molar-refractivity contribution in [3.8, 4) is 5.13 Å². The third-order valence-corrected chi connectivity index (χ3v) is 5.02. The van der Waals surface area contributed by atoms with Crippen LogP contribution >= 0.6 is 11.3 Å². The third-order valence-electron chi connectivity index (χ3n) is 4.01. The fourth-order valence-electron chi connectivity index (χ4n) is 2.62. The van der Waals surface area contributed by atoms with Gasteiger partial charge in [-0.2, -0.15) is 0 Å². The molecule has 1 N–H and O–H groups in total. The number of amides is 1. The average molecular weight is 311 g/mol. The molecule has 0 saturated heterocycles. The number of thiazole rings is 1. The first-order chi connectivity index (χ1) is 10.6. The predicted molar refractivity (Wildman–Crippen MR) is 88.9 cm³/mol. The minimum atomic E-state index is 0.0210. The lowest BCUT2D eigenvalue weighted by Gasteiger charge is -2.03. The fraction of sp³-hybridized carbons (Fsp3) is 0.294. The van der Waals surface area contributed by atoms with Crippen molar-refractivity contribution >= 4 is 27.5 Å². The van der Waals surface area contributed by atoms with Crippen LogP contribution in [0.1, 0.15) is 34.6 Å². The van der Waals surface area contributed by atoms with Gasteiger partial charge in [-0.25, -0.2) is 4.98 Å². The zero-order valence-electron chi connectivity index (χ0n) is 12.6. The van der Waals surface area contributed by atoms with Gasteiger partial charge in [0.05, 0.1) is 10.2 Å². The molecule has 2 heterocycles. The summed E-state index contributed by atoms with van der Waals surface area (Å²) in [5, 5.41) is 3.98. The largest absolute Gasteiger partial charge is 0.349 e. The summed E-state index contributed by atoms with van der Waals surface area (Å²) in [6.07, 6.45) is 2.20. The topological polar surface area (TPSA) is 46.9 Å². The number of hydrogen-bond donors (Lipinski definition) is 1. The van der Waals surface area contributed by atoms with E-state index in [0.717, 1.165) is 33.8 Å². The van der Waals surface area contributed by atoms with Crippen molar-refractivity contribution in [3.63, 3.8) is 0 Å². The summed E-state index contributed by atoms with van der Waals surface area (Å²) in [6.45, 7) is 4.15. The SMILES string of the molecule is Cc1ccc(C)n1-c1nc2ccc(C(=O)NC3CC3)cc2s1.